The van der Waals surface area contributed by atoms with Crippen molar-refractivity contribution in [2.45, 2.75) is 78.6 Å². The molecular formula is C59H60N4. The van der Waals surface area contributed by atoms with E-state index >= 15 is 0 Å². The number of fused-ring (bicyclic) bond motifs is 3. The number of nitrogens with zero attached hydrogens (tertiary/aromatic N) is 3. The molecule has 2 aliphatic rings. The van der Waals surface area contributed by atoms with Crippen molar-refractivity contribution in [3.8, 4) is 16.9 Å². The average Bonchev–Trinajstić information content (AvgIpc) is 3.66. The van der Waals surface area contributed by atoms with Gasteiger partial charge in [-0.25, -0.2) is 0 Å². The maximum atomic E-state index is 5.29. The van der Waals surface area contributed by atoms with Crippen LogP contribution in [0.5, 0.6) is 0 Å². The van der Waals surface area contributed by atoms with Crippen molar-refractivity contribution < 1.29 is 0 Å². The predicted molar refractivity (Wildman–Crippen MR) is 273 cm³/mol. The van der Waals surface area contributed by atoms with Crippen LogP contribution in [0.4, 0.5) is 11.4 Å². The third kappa shape index (κ3) is 8.77. The van der Waals surface area contributed by atoms with Crippen LogP contribution in [0.2, 0.25) is 0 Å². The first-order valence-corrected chi connectivity index (χ1v) is 22.8. The van der Waals surface area contributed by atoms with Crippen LogP contribution in [-0.4, -0.2) is 14.1 Å². The molecule has 3 aromatic heterocycles. The Labute approximate surface area is 375 Å². The highest BCUT2D eigenvalue weighted by Gasteiger charge is 2.31. The molecule has 0 fully saturated rings. The molecule has 4 heteroatoms. The summed E-state index contributed by atoms with van der Waals surface area (Å²) in [5, 5.41) is 3.86. The number of aromatic nitrogens is 3. The largest absolute Gasteiger partial charge is 0.355 e. The van der Waals surface area contributed by atoms with Crippen molar-refractivity contribution in [3.05, 3.63) is 216 Å². The zero-order chi connectivity index (χ0) is 43.7. The molecule has 3 heterocycles. The summed E-state index contributed by atoms with van der Waals surface area (Å²) in [5.74, 6) is 0.284. The number of rotatable bonds is 14. The Bertz CT molecular complexity index is 2840. The van der Waals surface area contributed by atoms with E-state index in [9.17, 15) is 0 Å². The lowest BCUT2D eigenvalue weighted by Gasteiger charge is -2.23. The smallest absolute Gasteiger partial charge is 0.0796 e. The van der Waals surface area contributed by atoms with E-state index in [1.54, 1.807) is 0 Å². The Balaban J connectivity index is 1.22. The molecule has 63 heavy (non-hydrogen) atoms. The molecule has 2 unspecified atom stereocenters. The first-order chi connectivity index (χ1) is 31.0. The number of hydrogen-bond acceptors (Lipinski definition) is 2. The number of para-hydroxylation sites is 2. The van der Waals surface area contributed by atoms with Gasteiger partial charge in [0.25, 0.3) is 0 Å². The second-order valence-electron chi connectivity index (χ2n) is 16.4. The highest BCUT2D eigenvalue weighted by molar-refractivity contribution is 5.99. The zero-order valence-corrected chi connectivity index (χ0v) is 37.6. The van der Waals surface area contributed by atoms with Crippen LogP contribution in [0.1, 0.15) is 111 Å². The van der Waals surface area contributed by atoms with Crippen molar-refractivity contribution in [1.82, 2.24) is 14.1 Å². The van der Waals surface area contributed by atoms with Crippen LogP contribution in [0, 0.1) is 0 Å². The summed E-state index contributed by atoms with van der Waals surface area (Å²) >= 11 is 0. The summed E-state index contributed by atoms with van der Waals surface area (Å²) in [4.78, 5) is 5.29. The summed E-state index contributed by atoms with van der Waals surface area (Å²) in [6.45, 7) is 14.8. The van der Waals surface area contributed by atoms with E-state index in [4.69, 9.17) is 4.98 Å². The normalized spacial score (nSPS) is 16.1. The molecule has 2 atom stereocenters. The van der Waals surface area contributed by atoms with Gasteiger partial charge in [-0.15, -0.1) is 0 Å². The molecule has 2 aliphatic carbocycles. The lowest BCUT2D eigenvalue weighted by molar-refractivity contribution is 0.733. The highest BCUT2D eigenvalue weighted by atomic mass is 15.1. The van der Waals surface area contributed by atoms with Gasteiger partial charge in [-0.1, -0.05) is 148 Å². The summed E-state index contributed by atoms with van der Waals surface area (Å²) in [6.07, 6.45) is 38.0. The third-order valence-electron chi connectivity index (χ3n) is 12.3. The molecular weight excluding hydrogens is 765 g/mol. The lowest BCUT2D eigenvalue weighted by atomic mass is 9.92. The van der Waals surface area contributed by atoms with Crippen molar-refractivity contribution in [2.75, 3.05) is 5.32 Å². The van der Waals surface area contributed by atoms with Crippen molar-refractivity contribution in [1.29, 1.82) is 0 Å². The molecule has 0 spiro atoms. The number of hydrogen-bond donors (Lipinski definition) is 1. The first-order valence-electron chi connectivity index (χ1n) is 22.8. The van der Waals surface area contributed by atoms with Gasteiger partial charge in [-0.2, -0.15) is 0 Å². The number of allylic oxidation sites excluding steroid dienone is 15. The second kappa shape index (κ2) is 19.9. The maximum Gasteiger partial charge on any atom is 0.0796 e. The third-order valence-corrected chi connectivity index (χ3v) is 12.3. The monoisotopic (exact) mass is 824 g/mol. The van der Waals surface area contributed by atoms with Crippen LogP contribution in [0.15, 0.2) is 177 Å². The lowest BCUT2D eigenvalue weighted by Crippen LogP contribution is -2.10. The van der Waals surface area contributed by atoms with Gasteiger partial charge in [0.05, 0.1) is 22.4 Å². The van der Waals surface area contributed by atoms with E-state index in [0.717, 1.165) is 71.6 Å². The number of aryl methyl sites for hydroxylation is 1. The fourth-order valence-electron chi connectivity index (χ4n) is 9.40. The van der Waals surface area contributed by atoms with E-state index < -0.39 is 0 Å². The Morgan fingerprint density at radius 1 is 0.889 bits per heavy atom. The van der Waals surface area contributed by atoms with Crippen LogP contribution in [-0.2, 0) is 6.42 Å². The Hall–Kier alpha value is -6.91. The number of benzene rings is 3. The predicted octanol–water partition coefficient (Wildman–Crippen LogP) is 16.3. The summed E-state index contributed by atoms with van der Waals surface area (Å²) in [5.41, 5.74) is 19.0. The molecule has 0 saturated heterocycles. The van der Waals surface area contributed by atoms with Crippen LogP contribution in [0.25, 0.3) is 51.4 Å². The Kier molecular flexibility index (Phi) is 13.5. The van der Waals surface area contributed by atoms with Crippen LogP contribution < -0.4 is 5.32 Å². The SMILES string of the molecule is C=C/C=C\C(=C/C)c1cc(-c2ccc(Nc3ccccc3C(C)c3c(/C=C\C)c4c(c5c(n4C(/C=C\C)=C/CC)C=CCC5)n3-c3ccccc3)cc2)nc(C2C=CC=CCC2)c1. The minimum absolute atomic E-state index is 0.0323. The van der Waals surface area contributed by atoms with Crippen molar-refractivity contribution in [3.63, 3.8) is 0 Å². The summed E-state index contributed by atoms with van der Waals surface area (Å²) < 4.78 is 5.09. The highest BCUT2D eigenvalue weighted by Crippen LogP contribution is 2.45. The van der Waals surface area contributed by atoms with E-state index in [1.165, 1.54) is 50.5 Å². The van der Waals surface area contributed by atoms with Crippen molar-refractivity contribution >= 4 is 45.8 Å². The minimum Gasteiger partial charge on any atom is -0.355 e. The first kappa shape index (κ1) is 42.8. The van der Waals surface area contributed by atoms with Gasteiger partial charge in [0.1, 0.15) is 0 Å². The van der Waals surface area contributed by atoms with E-state index in [2.05, 4.69) is 226 Å². The number of pyridine rings is 1. The molecule has 1 N–H and O–H groups in total. The molecule has 0 bridgehead atoms. The molecule has 8 rings (SSSR count). The maximum absolute atomic E-state index is 5.29. The molecule has 316 valence electrons. The van der Waals surface area contributed by atoms with E-state index in [0.29, 0.717) is 0 Å². The summed E-state index contributed by atoms with van der Waals surface area (Å²) in [7, 11) is 0. The quantitative estimate of drug-likeness (QED) is 0.111. The Morgan fingerprint density at radius 2 is 1.70 bits per heavy atom. The molecule has 0 aliphatic heterocycles. The van der Waals surface area contributed by atoms with Gasteiger partial charge < -0.3 is 14.5 Å². The zero-order valence-electron chi connectivity index (χ0n) is 37.6. The van der Waals surface area contributed by atoms with Gasteiger partial charge in [-0.05, 0) is 124 Å². The molecule has 4 nitrogen and oxygen atoms in total. The van der Waals surface area contributed by atoms with Gasteiger partial charge in [0.2, 0.25) is 0 Å². The van der Waals surface area contributed by atoms with Crippen LogP contribution in [0.3, 0.4) is 0 Å². The van der Waals surface area contributed by atoms with Gasteiger partial charge in [0, 0.05) is 62.7 Å². The molecule has 0 saturated carbocycles. The fourth-order valence-corrected chi connectivity index (χ4v) is 9.40. The number of anilines is 2. The fraction of sp³-hybridized carbons (Fsp3) is 0.203. The van der Waals surface area contributed by atoms with Gasteiger partial charge in [0.15, 0.2) is 0 Å². The topological polar surface area (TPSA) is 34.8 Å². The summed E-state index contributed by atoms with van der Waals surface area (Å²) in [6, 6.07) is 33.0. The molecule has 3 aromatic carbocycles. The molecule has 6 aromatic rings. The van der Waals surface area contributed by atoms with E-state index in [-0.39, 0.29) is 11.8 Å². The second-order valence-corrected chi connectivity index (χ2v) is 16.4. The van der Waals surface area contributed by atoms with Crippen LogP contribution >= 0.6 is 0 Å². The van der Waals surface area contributed by atoms with Crippen molar-refractivity contribution in [2.24, 2.45) is 0 Å². The minimum atomic E-state index is 0.0323. The van der Waals surface area contributed by atoms with Gasteiger partial charge in [-0.3, -0.25) is 4.98 Å². The van der Waals surface area contributed by atoms with Gasteiger partial charge >= 0.3 is 0 Å². The molecule has 0 amide bonds. The van der Waals surface area contributed by atoms with E-state index in [1.807, 2.05) is 12.2 Å². The Morgan fingerprint density at radius 3 is 2.46 bits per heavy atom. The average molecular weight is 825 g/mol. The standard InChI is InChI=1S/C59H60N4/c1-7-12-27-43(11-5)46-40-54(44-28-16-13-14-17-29-44)61-55(41-46)45-36-38-47(39-37-45)60-53-34-22-20-32-50(53)42(6)57-52(26-10-4)59-58(63(57)49-30-18-15-19-31-49)51-33-21-23-35-56(51)62(59)48(24-8-2)25-9-3/h7-8,10-16,18-20,22-28,30-32,34-42,44,60H,1,9,17,21,29,33H2,2-6H3/b24-8-,26-10-,27-12-,43-11+,48-25+. The molecule has 0 radical (unpaired) electrons. The number of nitrogens with one attached hydrogen (secondary N) is 1.